The summed E-state index contributed by atoms with van der Waals surface area (Å²) in [5.41, 5.74) is 0.842. The van der Waals surface area contributed by atoms with E-state index < -0.39 is 12.1 Å². The van der Waals surface area contributed by atoms with E-state index in [0.717, 1.165) is 0 Å². The summed E-state index contributed by atoms with van der Waals surface area (Å²) in [6.45, 7) is 1.61. The molecule has 1 N–H and O–H groups in total. The van der Waals surface area contributed by atoms with Crippen molar-refractivity contribution in [2.45, 2.75) is 13.0 Å². The van der Waals surface area contributed by atoms with Crippen molar-refractivity contribution in [2.24, 2.45) is 0 Å². The van der Waals surface area contributed by atoms with Crippen molar-refractivity contribution in [1.82, 2.24) is 9.97 Å². The Morgan fingerprint density at radius 1 is 1.11 bits per heavy atom. The number of aromatic nitrogens is 2. The highest BCUT2D eigenvalue weighted by Gasteiger charge is 2.20. The summed E-state index contributed by atoms with van der Waals surface area (Å²) in [4.78, 5) is 31.5. The first-order valence-electron chi connectivity index (χ1n) is 8.57. The van der Waals surface area contributed by atoms with Crippen LogP contribution in [0.15, 0.2) is 69.9 Å². The maximum Gasteiger partial charge on any atom is 0.374 e. The number of benzene rings is 2. The Bertz CT molecular complexity index is 1210. The number of rotatable bonds is 4. The minimum absolute atomic E-state index is 0.00527. The molecule has 140 valence electrons. The Labute approximate surface area is 158 Å². The number of carbonyl (C=O) groups excluding carboxylic acids is 1. The number of esters is 1. The molecule has 0 radical (unpaired) electrons. The van der Waals surface area contributed by atoms with Gasteiger partial charge in [0.05, 0.1) is 10.9 Å². The molecule has 0 saturated carbocycles. The van der Waals surface area contributed by atoms with E-state index >= 15 is 0 Å². The zero-order chi connectivity index (χ0) is 19.7. The number of nitrogens with one attached hydrogen (secondary N) is 1. The van der Waals surface area contributed by atoms with Gasteiger partial charge < -0.3 is 14.1 Å². The van der Waals surface area contributed by atoms with Gasteiger partial charge in [0, 0.05) is 5.56 Å². The molecule has 0 aliphatic rings. The fraction of sp³-hybridized carbons (Fsp3) is 0.0952. The largest absolute Gasteiger partial charge is 0.449 e. The zero-order valence-corrected chi connectivity index (χ0v) is 14.8. The number of fused-ring (bicyclic) bond motifs is 1. The minimum Gasteiger partial charge on any atom is -0.449 e. The van der Waals surface area contributed by atoms with Crippen LogP contribution in [0.25, 0.3) is 22.2 Å². The maximum atomic E-state index is 13.0. The first-order valence-corrected chi connectivity index (χ1v) is 8.57. The average molecular weight is 378 g/mol. The van der Waals surface area contributed by atoms with E-state index in [0.29, 0.717) is 22.2 Å². The van der Waals surface area contributed by atoms with Crippen LogP contribution in [-0.4, -0.2) is 15.9 Å². The van der Waals surface area contributed by atoms with Crippen LogP contribution in [-0.2, 0) is 4.74 Å². The molecule has 2 aromatic carbocycles. The van der Waals surface area contributed by atoms with Crippen LogP contribution in [0.5, 0.6) is 0 Å². The molecule has 6 nitrogen and oxygen atoms in total. The van der Waals surface area contributed by atoms with E-state index in [-0.39, 0.29) is 23.0 Å². The van der Waals surface area contributed by atoms with Gasteiger partial charge in [0.2, 0.25) is 5.76 Å². The van der Waals surface area contributed by atoms with Crippen LogP contribution in [0.2, 0.25) is 0 Å². The van der Waals surface area contributed by atoms with E-state index in [2.05, 4.69) is 9.97 Å². The lowest BCUT2D eigenvalue weighted by atomic mass is 10.2. The van der Waals surface area contributed by atoms with E-state index in [4.69, 9.17) is 9.15 Å². The Hall–Kier alpha value is -3.74. The van der Waals surface area contributed by atoms with Crippen LogP contribution >= 0.6 is 0 Å². The second-order valence-corrected chi connectivity index (χ2v) is 6.19. The van der Waals surface area contributed by atoms with Crippen LogP contribution in [0.1, 0.15) is 29.4 Å². The summed E-state index contributed by atoms with van der Waals surface area (Å²) in [5.74, 6) is -0.411. The fourth-order valence-electron chi connectivity index (χ4n) is 2.79. The number of nitrogens with zero attached hydrogens (tertiary/aromatic N) is 1. The summed E-state index contributed by atoms with van der Waals surface area (Å²) in [7, 11) is 0. The van der Waals surface area contributed by atoms with Gasteiger partial charge in [-0.2, -0.15) is 0 Å². The van der Waals surface area contributed by atoms with Crippen molar-refractivity contribution in [2.75, 3.05) is 0 Å². The van der Waals surface area contributed by atoms with Gasteiger partial charge in [0.25, 0.3) is 5.56 Å². The molecule has 2 heterocycles. The monoisotopic (exact) mass is 378 g/mol. The lowest BCUT2D eigenvalue weighted by Crippen LogP contribution is -2.17. The predicted molar refractivity (Wildman–Crippen MR) is 100 cm³/mol. The second-order valence-electron chi connectivity index (χ2n) is 6.19. The molecule has 0 fully saturated rings. The number of H-pyrrole nitrogens is 1. The Morgan fingerprint density at radius 3 is 2.64 bits per heavy atom. The third-order valence-electron chi connectivity index (χ3n) is 4.24. The molecule has 0 saturated heterocycles. The average Bonchev–Trinajstić information content (AvgIpc) is 3.19. The highest BCUT2D eigenvalue weighted by Crippen LogP contribution is 2.24. The molecular formula is C21H15FN2O4. The van der Waals surface area contributed by atoms with Crippen molar-refractivity contribution >= 4 is 16.9 Å². The minimum atomic E-state index is -0.788. The van der Waals surface area contributed by atoms with Crippen molar-refractivity contribution in [3.8, 4) is 11.3 Å². The lowest BCUT2D eigenvalue weighted by Gasteiger charge is -2.12. The Morgan fingerprint density at radius 2 is 1.86 bits per heavy atom. The standard InChI is InChI=1S/C21H15FN2O4/c1-12(19-23-16-5-3-2-4-15(16)20(25)24-19)27-21(26)18-11-10-17(28-18)13-6-8-14(22)9-7-13/h2-12H,1H3,(H,23,24,25). The quantitative estimate of drug-likeness (QED) is 0.537. The number of ether oxygens (including phenoxy) is 1. The van der Waals surface area contributed by atoms with E-state index in [1.54, 1.807) is 49.4 Å². The molecule has 0 bridgehead atoms. The van der Waals surface area contributed by atoms with Crippen molar-refractivity contribution in [3.05, 3.63) is 88.4 Å². The van der Waals surface area contributed by atoms with E-state index in [1.807, 2.05) is 0 Å². The first-order chi connectivity index (χ1) is 13.5. The molecule has 7 heteroatoms. The molecule has 0 amide bonds. The number of hydrogen-bond acceptors (Lipinski definition) is 5. The Kier molecular flexibility index (Phi) is 4.49. The highest BCUT2D eigenvalue weighted by atomic mass is 19.1. The topological polar surface area (TPSA) is 85.2 Å². The molecule has 4 rings (SSSR count). The van der Waals surface area contributed by atoms with E-state index in [1.165, 1.54) is 18.2 Å². The number of hydrogen-bond donors (Lipinski definition) is 1. The smallest absolute Gasteiger partial charge is 0.374 e. The number of carbonyl (C=O) groups is 1. The van der Waals surface area contributed by atoms with Gasteiger partial charge in [-0.25, -0.2) is 14.2 Å². The van der Waals surface area contributed by atoms with Crippen LogP contribution in [0, 0.1) is 5.82 Å². The molecule has 2 aromatic heterocycles. The van der Waals surface area contributed by atoms with Gasteiger partial charge in [0.15, 0.2) is 11.9 Å². The molecule has 0 aliphatic carbocycles. The predicted octanol–water partition coefficient (Wildman–Crippen LogP) is 4.24. The number of halogens is 1. The fourth-order valence-corrected chi connectivity index (χ4v) is 2.79. The van der Waals surface area contributed by atoms with Crippen LogP contribution < -0.4 is 5.56 Å². The second kappa shape index (κ2) is 7.11. The van der Waals surface area contributed by atoms with Gasteiger partial charge in [-0.05, 0) is 55.5 Å². The number of aromatic amines is 1. The van der Waals surface area contributed by atoms with Gasteiger partial charge in [0.1, 0.15) is 11.6 Å². The zero-order valence-electron chi connectivity index (χ0n) is 14.8. The van der Waals surface area contributed by atoms with Crippen molar-refractivity contribution in [3.63, 3.8) is 0 Å². The molecular weight excluding hydrogens is 363 g/mol. The summed E-state index contributed by atoms with van der Waals surface area (Å²) in [5, 5.41) is 0.458. The normalized spacial score (nSPS) is 12.1. The van der Waals surface area contributed by atoms with Gasteiger partial charge in [-0.3, -0.25) is 4.79 Å². The summed E-state index contributed by atoms with van der Waals surface area (Å²) in [6, 6.07) is 15.7. The number of para-hydroxylation sites is 1. The molecule has 1 atom stereocenters. The van der Waals surface area contributed by atoms with Gasteiger partial charge >= 0.3 is 5.97 Å². The summed E-state index contributed by atoms with van der Waals surface area (Å²) < 4.78 is 23.9. The Balaban J connectivity index is 1.54. The molecule has 4 aromatic rings. The third-order valence-corrected chi connectivity index (χ3v) is 4.24. The lowest BCUT2D eigenvalue weighted by molar-refractivity contribution is 0.0285. The molecule has 1 unspecified atom stereocenters. The van der Waals surface area contributed by atoms with Gasteiger partial charge in [-0.15, -0.1) is 0 Å². The summed E-state index contributed by atoms with van der Waals surface area (Å²) in [6.07, 6.45) is -0.788. The molecule has 28 heavy (non-hydrogen) atoms. The number of furan rings is 1. The maximum absolute atomic E-state index is 13.0. The SMILES string of the molecule is CC(OC(=O)c1ccc(-c2ccc(F)cc2)o1)c1nc2ccccc2c(=O)[nH]1. The van der Waals surface area contributed by atoms with Crippen LogP contribution in [0.3, 0.4) is 0 Å². The molecule has 0 aliphatic heterocycles. The third kappa shape index (κ3) is 3.42. The van der Waals surface area contributed by atoms with Crippen molar-refractivity contribution in [1.29, 1.82) is 0 Å². The van der Waals surface area contributed by atoms with Crippen molar-refractivity contribution < 1.29 is 18.3 Å². The highest BCUT2D eigenvalue weighted by molar-refractivity contribution is 5.87. The first kappa shape index (κ1) is 17.7. The van der Waals surface area contributed by atoms with Gasteiger partial charge in [-0.1, -0.05) is 12.1 Å². The van der Waals surface area contributed by atoms with E-state index in [9.17, 15) is 14.0 Å². The summed E-state index contributed by atoms with van der Waals surface area (Å²) >= 11 is 0. The molecule has 0 spiro atoms. The van der Waals surface area contributed by atoms with Crippen LogP contribution in [0.4, 0.5) is 4.39 Å².